The van der Waals surface area contributed by atoms with Gasteiger partial charge in [-0.2, -0.15) is 5.10 Å². The quantitative estimate of drug-likeness (QED) is 0.864. The van der Waals surface area contributed by atoms with E-state index in [0.29, 0.717) is 13.1 Å². The molecular formula is C16H21N5O. The van der Waals surface area contributed by atoms with E-state index in [1.807, 2.05) is 12.1 Å². The third-order valence-electron chi connectivity index (χ3n) is 4.14. The number of carbonyl (C=O) groups excluding carboxylic acids is 1. The lowest BCUT2D eigenvalue weighted by molar-refractivity contribution is -0.125. The molecule has 2 atom stereocenters. The maximum Gasteiger partial charge on any atom is 0.223 e. The minimum atomic E-state index is 0.0848. The Bertz CT molecular complexity index is 608. The molecule has 1 aliphatic carbocycles. The molecule has 0 aliphatic heterocycles. The van der Waals surface area contributed by atoms with Gasteiger partial charge in [0.15, 0.2) is 0 Å². The van der Waals surface area contributed by atoms with Gasteiger partial charge in [-0.15, -0.1) is 0 Å². The fourth-order valence-corrected chi connectivity index (χ4v) is 2.85. The Balaban J connectivity index is 1.49. The fourth-order valence-electron chi connectivity index (χ4n) is 2.85. The van der Waals surface area contributed by atoms with Crippen molar-refractivity contribution in [3.05, 3.63) is 48.0 Å². The Morgan fingerprint density at radius 1 is 1.27 bits per heavy atom. The number of nitrogens with zero attached hydrogens (tertiary/aromatic N) is 3. The molecule has 22 heavy (non-hydrogen) atoms. The second-order valence-electron chi connectivity index (χ2n) is 5.90. The van der Waals surface area contributed by atoms with E-state index in [-0.39, 0.29) is 17.9 Å². The largest absolute Gasteiger partial charge is 0.352 e. The molecule has 6 heteroatoms. The van der Waals surface area contributed by atoms with Crippen molar-refractivity contribution in [3.8, 4) is 0 Å². The average molecular weight is 299 g/mol. The average Bonchev–Trinajstić information content (AvgIpc) is 3.18. The predicted octanol–water partition coefficient (Wildman–Crippen LogP) is 1.07. The first-order chi connectivity index (χ1) is 10.7. The van der Waals surface area contributed by atoms with E-state index >= 15 is 0 Å². The third kappa shape index (κ3) is 3.71. The highest BCUT2D eigenvalue weighted by Gasteiger charge is 2.27. The number of hydrogen-bond acceptors (Lipinski definition) is 4. The molecule has 2 aromatic rings. The van der Waals surface area contributed by atoms with E-state index in [1.165, 1.54) is 6.33 Å². The van der Waals surface area contributed by atoms with E-state index in [0.717, 1.165) is 30.4 Å². The summed E-state index contributed by atoms with van der Waals surface area (Å²) in [6, 6.07) is 8.36. The molecule has 1 saturated carbocycles. The smallest absolute Gasteiger partial charge is 0.223 e. The number of nitrogens with one attached hydrogen (secondary N) is 1. The van der Waals surface area contributed by atoms with E-state index < -0.39 is 0 Å². The number of aromatic nitrogens is 3. The van der Waals surface area contributed by atoms with Gasteiger partial charge in [-0.05, 0) is 30.4 Å². The summed E-state index contributed by atoms with van der Waals surface area (Å²) in [5, 5.41) is 7.09. The molecule has 0 spiro atoms. The Labute approximate surface area is 129 Å². The van der Waals surface area contributed by atoms with Crippen molar-refractivity contribution in [2.24, 2.45) is 11.7 Å². The van der Waals surface area contributed by atoms with Crippen LogP contribution in [0.25, 0.3) is 0 Å². The van der Waals surface area contributed by atoms with Crippen molar-refractivity contribution in [2.45, 2.75) is 38.4 Å². The van der Waals surface area contributed by atoms with E-state index in [1.54, 1.807) is 11.0 Å². The van der Waals surface area contributed by atoms with Gasteiger partial charge in [0.1, 0.15) is 12.7 Å². The maximum absolute atomic E-state index is 12.1. The molecule has 3 N–H and O–H groups in total. The molecule has 1 heterocycles. The van der Waals surface area contributed by atoms with Crippen LogP contribution in [0.2, 0.25) is 0 Å². The van der Waals surface area contributed by atoms with Gasteiger partial charge in [-0.3, -0.25) is 4.79 Å². The van der Waals surface area contributed by atoms with Gasteiger partial charge in [0, 0.05) is 18.5 Å². The zero-order chi connectivity index (χ0) is 15.4. The number of carbonyl (C=O) groups is 1. The molecule has 1 aliphatic rings. The van der Waals surface area contributed by atoms with Crippen LogP contribution in [0.3, 0.4) is 0 Å². The van der Waals surface area contributed by atoms with Gasteiger partial charge in [0.25, 0.3) is 0 Å². The van der Waals surface area contributed by atoms with Gasteiger partial charge in [0.2, 0.25) is 5.91 Å². The SMILES string of the molecule is NC1CCC(C(=O)NCc2ccc(Cn3cncn3)cc2)C1. The Hall–Kier alpha value is -2.21. The van der Waals surface area contributed by atoms with Crippen molar-refractivity contribution in [3.63, 3.8) is 0 Å². The molecule has 1 aromatic carbocycles. The molecule has 116 valence electrons. The van der Waals surface area contributed by atoms with Crippen LogP contribution in [0.15, 0.2) is 36.9 Å². The van der Waals surface area contributed by atoms with Crippen LogP contribution in [0.5, 0.6) is 0 Å². The molecule has 2 unspecified atom stereocenters. The number of hydrogen-bond donors (Lipinski definition) is 2. The second kappa shape index (κ2) is 6.70. The first kappa shape index (κ1) is 14.7. The van der Waals surface area contributed by atoms with Gasteiger partial charge in [0.05, 0.1) is 6.54 Å². The predicted molar refractivity (Wildman–Crippen MR) is 82.7 cm³/mol. The van der Waals surface area contributed by atoms with Crippen molar-refractivity contribution >= 4 is 5.91 Å². The molecule has 3 rings (SSSR count). The lowest BCUT2D eigenvalue weighted by Gasteiger charge is -2.11. The van der Waals surface area contributed by atoms with Crippen LogP contribution >= 0.6 is 0 Å². The monoisotopic (exact) mass is 299 g/mol. The minimum Gasteiger partial charge on any atom is -0.352 e. The Morgan fingerprint density at radius 2 is 2.05 bits per heavy atom. The van der Waals surface area contributed by atoms with Crippen molar-refractivity contribution in [2.75, 3.05) is 0 Å². The summed E-state index contributed by atoms with van der Waals surface area (Å²) < 4.78 is 1.78. The van der Waals surface area contributed by atoms with Crippen molar-refractivity contribution in [1.82, 2.24) is 20.1 Å². The van der Waals surface area contributed by atoms with Gasteiger partial charge < -0.3 is 11.1 Å². The standard InChI is InChI=1S/C16H21N5O/c17-15-6-5-14(7-15)16(22)19-8-12-1-3-13(4-2-12)9-21-11-18-10-20-21/h1-4,10-11,14-15H,5-9,17H2,(H,19,22). The van der Waals surface area contributed by atoms with E-state index in [9.17, 15) is 4.79 Å². The molecular weight excluding hydrogens is 278 g/mol. The number of nitrogens with two attached hydrogens (primary N) is 1. The summed E-state index contributed by atoms with van der Waals surface area (Å²) in [5.41, 5.74) is 8.10. The zero-order valence-corrected chi connectivity index (χ0v) is 12.5. The van der Waals surface area contributed by atoms with E-state index in [4.69, 9.17) is 5.73 Å². The van der Waals surface area contributed by atoms with E-state index in [2.05, 4.69) is 27.5 Å². The lowest BCUT2D eigenvalue weighted by Crippen LogP contribution is -2.29. The summed E-state index contributed by atoms with van der Waals surface area (Å²) in [6.45, 7) is 1.26. The fraction of sp³-hybridized carbons (Fsp3) is 0.438. The molecule has 0 bridgehead atoms. The highest BCUT2D eigenvalue weighted by Crippen LogP contribution is 2.24. The summed E-state index contributed by atoms with van der Waals surface area (Å²) in [6.07, 6.45) is 5.89. The summed E-state index contributed by atoms with van der Waals surface area (Å²) in [7, 11) is 0. The lowest BCUT2D eigenvalue weighted by atomic mass is 10.1. The molecule has 6 nitrogen and oxygen atoms in total. The first-order valence-electron chi connectivity index (χ1n) is 7.64. The van der Waals surface area contributed by atoms with Crippen LogP contribution in [0, 0.1) is 5.92 Å². The number of amides is 1. The molecule has 1 aromatic heterocycles. The Morgan fingerprint density at radius 3 is 2.68 bits per heavy atom. The summed E-state index contributed by atoms with van der Waals surface area (Å²) >= 11 is 0. The number of rotatable bonds is 5. The number of benzene rings is 1. The van der Waals surface area contributed by atoms with Crippen LogP contribution in [0.1, 0.15) is 30.4 Å². The third-order valence-corrected chi connectivity index (χ3v) is 4.14. The normalized spacial score (nSPS) is 21.0. The minimum absolute atomic E-state index is 0.0848. The van der Waals surface area contributed by atoms with Crippen molar-refractivity contribution < 1.29 is 4.79 Å². The highest BCUT2D eigenvalue weighted by atomic mass is 16.1. The second-order valence-corrected chi connectivity index (χ2v) is 5.90. The van der Waals surface area contributed by atoms with Gasteiger partial charge in [-0.25, -0.2) is 9.67 Å². The molecule has 1 amide bonds. The van der Waals surface area contributed by atoms with Crippen molar-refractivity contribution in [1.29, 1.82) is 0 Å². The van der Waals surface area contributed by atoms with Crippen LogP contribution in [-0.4, -0.2) is 26.7 Å². The highest BCUT2D eigenvalue weighted by molar-refractivity contribution is 5.79. The van der Waals surface area contributed by atoms with Gasteiger partial charge >= 0.3 is 0 Å². The van der Waals surface area contributed by atoms with Gasteiger partial charge in [-0.1, -0.05) is 24.3 Å². The topological polar surface area (TPSA) is 85.8 Å². The van der Waals surface area contributed by atoms with Crippen LogP contribution in [0.4, 0.5) is 0 Å². The maximum atomic E-state index is 12.1. The van der Waals surface area contributed by atoms with Crippen LogP contribution in [-0.2, 0) is 17.9 Å². The summed E-state index contributed by atoms with van der Waals surface area (Å²) in [5.74, 6) is 0.209. The molecule has 0 radical (unpaired) electrons. The first-order valence-corrected chi connectivity index (χ1v) is 7.64. The Kier molecular flexibility index (Phi) is 4.48. The summed E-state index contributed by atoms with van der Waals surface area (Å²) in [4.78, 5) is 16.0. The molecule has 1 fully saturated rings. The zero-order valence-electron chi connectivity index (χ0n) is 12.5. The molecule has 0 saturated heterocycles. The van der Waals surface area contributed by atoms with Crippen LogP contribution < -0.4 is 11.1 Å².